The summed E-state index contributed by atoms with van der Waals surface area (Å²) >= 11 is 0. The highest BCUT2D eigenvalue weighted by Gasteiger charge is 2.43. The van der Waals surface area contributed by atoms with Gasteiger partial charge in [-0.15, -0.1) is 0 Å². The van der Waals surface area contributed by atoms with Crippen LogP contribution in [0.4, 0.5) is 5.82 Å². The number of anilines is 1. The number of hydrogen-bond acceptors (Lipinski definition) is 7. The number of amides is 1. The molecular weight excluding hydrogens is 398 g/mol. The zero-order valence-corrected chi connectivity index (χ0v) is 18.1. The Balaban J connectivity index is 1.78. The quantitative estimate of drug-likeness (QED) is 0.456. The van der Waals surface area contributed by atoms with Crippen molar-refractivity contribution in [1.82, 2.24) is 19.4 Å². The average Bonchev–Trinajstić information content (AvgIpc) is 3.40. The molecule has 0 unspecified atom stereocenters. The summed E-state index contributed by atoms with van der Waals surface area (Å²) in [7, 11) is 1.33. The summed E-state index contributed by atoms with van der Waals surface area (Å²) in [6, 6.07) is 2.40. The number of carbonyl (C=O) groups is 2. The van der Waals surface area contributed by atoms with Crippen LogP contribution < -0.4 is 10.5 Å². The second-order valence-corrected chi connectivity index (χ2v) is 7.80. The van der Waals surface area contributed by atoms with Crippen molar-refractivity contribution in [3.05, 3.63) is 37.1 Å². The van der Waals surface area contributed by atoms with E-state index in [0.29, 0.717) is 31.0 Å². The molecular formula is C22H31N5O4. The molecule has 2 aromatic rings. The van der Waals surface area contributed by atoms with Crippen LogP contribution in [0.1, 0.15) is 51.5 Å². The molecule has 31 heavy (non-hydrogen) atoms. The minimum absolute atomic E-state index is 0.151. The lowest BCUT2D eigenvalue weighted by Gasteiger charge is -2.28. The van der Waals surface area contributed by atoms with E-state index < -0.39 is 18.1 Å². The average molecular weight is 430 g/mol. The van der Waals surface area contributed by atoms with Crippen molar-refractivity contribution in [1.29, 1.82) is 0 Å². The minimum Gasteiger partial charge on any atom is -0.487 e. The van der Waals surface area contributed by atoms with Gasteiger partial charge in [0.05, 0.1) is 26.2 Å². The van der Waals surface area contributed by atoms with E-state index in [0.717, 1.165) is 25.7 Å². The molecule has 0 aromatic carbocycles. The lowest BCUT2D eigenvalue weighted by Crippen LogP contribution is -2.44. The van der Waals surface area contributed by atoms with Gasteiger partial charge in [-0.05, 0) is 18.6 Å². The van der Waals surface area contributed by atoms with Crippen LogP contribution >= 0.6 is 0 Å². The van der Waals surface area contributed by atoms with Gasteiger partial charge in [0.15, 0.2) is 0 Å². The van der Waals surface area contributed by atoms with Crippen molar-refractivity contribution in [2.24, 2.45) is 0 Å². The van der Waals surface area contributed by atoms with E-state index in [2.05, 4.69) is 16.9 Å². The fourth-order valence-corrected chi connectivity index (χ4v) is 3.97. The Morgan fingerprint density at radius 2 is 2.16 bits per heavy atom. The SMILES string of the molecule is CCCCCC[C@H](C(=O)N1C[C@@H](Oc2cccnc2)C[C@H]1C(=O)OC)n1cnc(N)c1. The summed E-state index contributed by atoms with van der Waals surface area (Å²) < 4.78 is 12.7. The maximum Gasteiger partial charge on any atom is 0.328 e. The molecule has 2 N–H and O–H groups in total. The van der Waals surface area contributed by atoms with Crippen LogP contribution in [0.2, 0.25) is 0 Å². The number of methoxy groups -OCH3 is 1. The molecule has 3 heterocycles. The monoisotopic (exact) mass is 429 g/mol. The highest BCUT2D eigenvalue weighted by atomic mass is 16.5. The number of hydrogen-bond donors (Lipinski definition) is 1. The second kappa shape index (κ2) is 10.8. The van der Waals surface area contributed by atoms with E-state index in [1.54, 1.807) is 46.5 Å². The molecule has 1 fully saturated rings. The fraction of sp³-hybridized carbons (Fsp3) is 0.545. The Labute approximate surface area is 182 Å². The Hall–Kier alpha value is -3.10. The molecule has 1 aliphatic heterocycles. The van der Waals surface area contributed by atoms with Gasteiger partial charge >= 0.3 is 5.97 Å². The van der Waals surface area contributed by atoms with Gasteiger partial charge in [0.25, 0.3) is 0 Å². The number of nitrogens with two attached hydrogens (primary N) is 1. The minimum atomic E-state index is -0.696. The fourth-order valence-electron chi connectivity index (χ4n) is 3.97. The van der Waals surface area contributed by atoms with Crippen molar-refractivity contribution in [3.8, 4) is 5.75 Å². The number of pyridine rings is 1. The van der Waals surface area contributed by atoms with Gasteiger partial charge < -0.3 is 24.7 Å². The third-order valence-electron chi connectivity index (χ3n) is 5.55. The molecule has 0 saturated carbocycles. The van der Waals surface area contributed by atoms with E-state index in [-0.39, 0.29) is 12.0 Å². The summed E-state index contributed by atoms with van der Waals surface area (Å²) in [5, 5.41) is 0. The highest BCUT2D eigenvalue weighted by Crippen LogP contribution is 2.28. The maximum absolute atomic E-state index is 13.6. The van der Waals surface area contributed by atoms with Gasteiger partial charge in [-0.2, -0.15) is 0 Å². The van der Waals surface area contributed by atoms with Crippen LogP contribution in [0.25, 0.3) is 0 Å². The lowest BCUT2D eigenvalue weighted by molar-refractivity contribution is -0.152. The molecule has 9 heteroatoms. The molecule has 168 valence electrons. The first-order chi connectivity index (χ1) is 15.0. The zero-order valence-electron chi connectivity index (χ0n) is 18.1. The molecule has 9 nitrogen and oxygen atoms in total. The molecule has 1 saturated heterocycles. The molecule has 0 spiro atoms. The normalized spacial score (nSPS) is 19.2. The maximum atomic E-state index is 13.6. The van der Waals surface area contributed by atoms with E-state index in [1.807, 2.05) is 0 Å². The first-order valence-electron chi connectivity index (χ1n) is 10.8. The molecule has 3 atom stereocenters. The number of esters is 1. The van der Waals surface area contributed by atoms with Crippen LogP contribution in [-0.4, -0.2) is 57.1 Å². The highest BCUT2D eigenvalue weighted by molar-refractivity contribution is 5.87. The van der Waals surface area contributed by atoms with Crippen molar-refractivity contribution < 1.29 is 19.1 Å². The zero-order chi connectivity index (χ0) is 22.2. The topological polar surface area (TPSA) is 113 Å². The number of carbonyl (C=O) groups excluding carboxylic acids is 2. The Morgan fingerprint density at radius 1 is 1.32 bits per heavy atom. The summed E-state index contributed by atoms with van der Waals surface area (Å²) in [6.45, 7) is 2.44. The van der Waals surface area contributed by atoms with Crippen LogP contribution in [0.5, 0.6) is 5.75 Å². The lowest BCUT2D eigenvalue weighted by atomic mass is 10.1. The van der Waals surface area contributed by atoms with E-state index >= 15 is 0 Å². The van der Waals surface area contributed by atoms with Crippen LogP contribution in [0.15, 0.2) is 37.1 Å². The number of rotatable bonds is 10. The van der Waals surface area contributed by atoms with Gasteiger partial charge in [-0.1, -0.05) is 32.6 Å². The standard InChI is InChI=1S/C22H31N5O4/c1-3-4-5-6-9-18(26-14-20(23)25-15-26)21(28)27-13-17(11-19(27)22(29)30-2)31-16-8-7-10-24-12-16/h7-8,10,12,14-15,17-19H,3-6,9,11,13,23H2,1-2H3/t17-,18+,19-/m0/s1. The third kappa shape index (κ3) is 5.74. The van der Waals surface area contributed by atoms with Crippen LogP contribution in [0, 0.1) is 0 Å². The Morgan fingerprint density at radius 3 is 2.81 bits per heavy atom. The molecule has 0 aliphatic carbocycles. The van der Waals surface area contributed by atoms with Crippen molar-refractivity contribution >= 4 is 17.7 Å². The number of unbranched alkanes of at least 4 members (excludes halogenated alkanes) is 3. The number of imidazole rings is 1. The first kappa shape index (κ1) is 22.6. The molecule has 1 aliphatic rings. The van der Waals surface area contributed by atoms with Gasteiger partial charge in [0.1, 0.15) is 29.8 Å². The number of nitrogen functional groups attached to an aromatic ring is 1. The predicted octanol–water partition coefficient (Wildman–Crippen LogP) is 2.59. The van der Waals surface area contributed by atoms with E-state index in [1.165, 1.54) is 7.11 Å². The van der Waals surface area contributed by atoms with Crippen molar-refractivity contribution in [3.63, 3.8) is 0 Å². The first-order valence-corrected chi connectivity index (χ1v) is 10.8. The molecule has 1 amide bonds. The van der Waals surface area contributed by atoms with Gasteiger partial charge in [-0.25, -0.2) is 9.78 Å². The summed E-state index contributed by atoms with van der Waals surface area (Å²) in [4.78, 5) is 35.8. The predicted molar refractivity (Wildman–Crippen MR) is 115 cm³/mol. The molecule has 0 bridgehead atoms. The van der Waals surface area contributed by atoms with E-state index in [4.69, 9.17) is 15.2 Å². The summed E-state index contributed by atoms with van der Waals surface area (Å²) in [5.41, 5.74) is 5.79. The number of ether oxygens (including phenoxy) is 2. The van der Waals surface area contributed by atoms with Crippen LogP contribution in [-0.2, 0) is 14.3 Å². The van der Waals surface area contributed by atoms with Gasteiger partial charge in [-0.3, -0.25) is 9.78 Å². The van der Waals surface area contributed by atoms with E-state index in [9.17, 15) is 9.59 Å². The second-order valence-electron chi connectivity index (χ2n) is 7.80. The Kier molecular flexibility index (Phi) is 7.86. The van der Waals surface area contributed by atoms with Crippen LogP contribution in [0.3, 0.4) is 0 Å². The summed E-state index contributed by atoms with van der Waals surface area (Å²) in [6.07, 6.45) is 11.4. The molecule has 3 rings (SSSR count). The number of aromatic nitrogens is 3. The van der Waals surface area contributed by atoms with Gasteiger partial charge in [0, 0.05) is 18.8 Å². The number of likely N-dealkylation sites (tertiary alicyclic amines) is 1. The molecule has 0 radical (unpaired) electrons. The number of nitrogens with zero attached hydrogens (tertiary/aromatic N) is 4. The van der Waals surface area contributed by atoms with Gasteiger partial charge in [0.2, 0.25) is 5.91 Å². The Bertz CT molecular complexity index is 857. The largest absolute Gasteiger partial charge is 0.487 e. The smallest absolute Gasteiger partial charge is 0.328 e. The third-order valence-corrected chi connectivity index (χ3v) is 5.55. The molecule has 2 aromatic heterocycles. The van der Waals surface area contributed by atoms with Crippen molar-refractivity contribution in [2.45, 2.75) is 63.6 Å². The van der Waals surface area contributed by atoms with Crippen molar-refractivity contribution in [2.75, 3.05) is 19.4 Å². The summed E-state index contributed by atoms with van der Waals surface area (Å²) in [5.74, 6) is 0.362.